The third-order valence-electron chi connectivity index (χ3n) is 4.06. The van der Waals surface area contributed by atoms with Crippen LogP contribution in [0.25, 0.3) is 0 Å². The lowest BCUT2D eigenvalue weighted by Gasteiger charge is -2.31. The first kappa shape index (κ1) is 15.3. The van der Waals surface area contributed by atoms with Crippen molar-refractivity contribution in [2.75, 3.05) is 12.3 Å². The molecule has 4 N–H and O–H groups in total. The Bertz CT molecular complexity index is 544. The minimum Gasteiger partial charge on any atom is -0.383 e. The zero-order valence-corrected chi connectivity index (χ0v) is 13.0. The second kappa shape index (κ2) is 5.73. The van der Waals surface area contributed by atoms with Crippen molar-refractivity contribution in [1.29, 1.82) is 0 Å². The third-order valence-corrected chi connectivity index (χ3v) is 5.49. The van der Waals surface area contributed by atoms with Crippen LogP contribution in [0.1, 0.15) is 46.0 Å². The maximum absolute atomic E-state index is 12.2. The van der Waals surface area contributed by atoms with Gasteiger partial charge in [-0.2, -0.15) is 5.10 Å². The molecule has 0 radical (unpaired) electrons. The molecule has 20 heavy (non-hydrogen) atoms. The molecule has 6 nitrogen and oxygen atoms in total. The summed E-state index contributed by atoms with van der Waals surface area (Å²) in [7, 11) is -3.58. The fourth-order valence-electron chi connectivity index (χ4n) is 3.27. The molecule has 1 aromatic rings. The lowest BCUT2D eigenvalue weighted by Crippen LogP contribution is -2.37. The molecular weight excluding hydrogens is 276 g/mol. The molecule has 0 aromatic carbocycles. The van der Waals surface area contributed by atoms with Crippen molar-refractivity contribution in [3.63, 3.8) is 0 Å². The number of anilines is 1. The van der Waals surface area contributed by atoms with Gasteiger partial charge in [-0.3, -0.25) is 5.10 Å². The molecule has 0 saturated heterocycles. The van der Waals surface area contributed by atoms with E-state index in [0.29, 0.717) is 12.5 Å². The van der Waals surface area contributed by atoms with Crippen LogP contribution < -0.4 is 10.5 Å². The summed E-state index contributed by atoms with van der Waals surface area (Å²) < 4.78 is 27.2. The Labute approximate surface area is 120 Å². The van der Waals surface area contributed by atoms with Crippen LogP contribution >= 0.6 is 0 Å². The summed E-state index contributed by atoms with van der Waals surface area (Å²) in [5, 5.41) is 6.12. The lowest BCUT2D eigenvalue weighted by atomic mass is 9.79. The number of rotatable bonds is 6. The molecule has 0 atom stereocenters. The van der Waals surface area contributed by atoms with Gasteiger partial charge in [-0.05, 0) is 30.6 Å². The SMILES string of the molecule is CC(C)CC1(CNS(=O)(=O)c2cn[nH]c2N)CCCC1. The van der Waals surface area contributed by atoms with E-state index in [1.165, 1.54) is 19.0 Å². The minimum atomic E-state index is -3.58. The molecule has 1 aliphatic carbocycles. The van der Waals surface area contributed by atoms with Crippen molar-refractivity contribution in [1.82, 2.24) is 14.9 Å². The quantitative estimate of drug-likeness (QED) is 0.746. The Morgan fingerprint density at radius 2 is 2.10 bits per heavy atom. The minimum absolute atomic E-state index is 0.0372. The summed E-state index contributed by atoms with van der Waals surface area (Å²) >= 11 is 0. The van der Waals surface area contributed by atoms with Gasteiger partial charge in [-0.15, -0.1) is 0 Å². The van der Waals surface area contributed by atoms with Crippen LogP contribution in [0, 0.1) is 11.3 Å². The number of nitrogens with zero attached hydrogens (tertiary/aromatic N) is 1. The predicted octanol–water partition coefficient (Wildman–Crippen LogP) is 1.88. The van der Waals surface area contributed by atoms with Crippen molar-refractivity contribution in [3.05, 3.63) is 6.20 Å². The van der Waals surface area contributed by atoms with E-state index in [1.54, 1.807) is 0 Å². The van der Waals surface area contributed by atoms with Crippen LogP contribution in [0.3, 0.4) is 0 Å². The molecule has 1 fully saturated rings. The average molecular weight is 300 g/mol. The summed E-state index contributed by atoms with van der Waals surface area (Å²) in [6.07, 6.45) is 6.85. The first-order valence-electron chi connectivity index (χ1n) is 7.13. The van der Waals surface area contributed by atoms with Crippen molar-refractivity contribution in [3.8, 4) is 0 Å². The van der Waals surface area contributed by atoms with E-state index in [2.05, 4.69) is 28.8 Å². The third kappa shape index (κ3) is 3.32. The monoisotopic (exact) mass is 300 g/mol. The molecule has 0 spiro atoms. The van der Waals surface area contributed by atoms with E-state index in [-0.39, 0.29) is 16.1 Å². The van der Waals surface area contributed by atoms with E-state index >= 15 is 0 Å². The Hall–Kier alpha value is -1.08. The molecule has 1 aromatic heterocycles. The maximum Gasteiger partial charge on any atom is 0.245 e. The maximum atomic E-state index is 12.2. The van der Waals surface area contributed by atoms with Crippen LogP contribution in [0.15, 0.2) is 11.1 Å². The molecule has 0 bridgehead atoms. The largest absolute Gasteiger partial charge is 0.383 e. The number of hydrogen-bond donors (Lipinski definition) is 3. The van der Waals surface area contributed by atoms with Gasteiger partial charge in [0.1, 0.15) is 10.7 Å². The second-order valence-electron chi connectivity index (χ2n) is 6.28. The molecule has 0 aliphatic heterocycles. The zero-order chi connectivity index (χ0) is 14.8. The standard InChI is InChI=1S/C13H24N4O2S/c1-10(2)7-13(5-3-4-6-13)9-16-20(18,19)11-8-15-17-12(11)14/h8,10,16H,3-7,9H2,1-2H3,(H3,14,15,17). The topological polar surface area (TPSA) is 101 Å². The fraction of sp³-hybridized carbons (Fsp3) is 0.769. The van der Waals surface area contributed by atoms with Gasteiger partial charge in [-0.1, -0.05) is 26.7 Å². The number of hydrogen-bond acceptors (Lipinski definition) is 4. The molecule has 1 heterocycles. The van der Waals surface area contributed by atoms with Gasteiger partial charge in [-0.25, -0.2) is 13.1 Å². The number of nitrogen functional groups attached to an aromatic ring is 1. The molecule has 7 heteroatoms. The highest BCUT2D eigenvalue weighted by molar-refractivity contribution is 7.89. The second-order valence-corrected chi connectivity index (χ2v) is 8.01. The van der Waals surface area contributed by atoms with Gasteiger partial charge in [0.25, 0.3) is 0 Å². The number of sulfonamides is 1. The summed E-state index contributed by atoms with van der Waals surface area (Å²) in [6.45, 7) is 4.85. The van der Waals surface area contributed by atoms with Crippen LogP contribution in [0.2, 0.25) is 0 Å². The number of H-pyrrole nitrogens is 1. The van der Waals surface area contributed by atoms with Crippen molar-refractivity contribution in [2.45, 2.75) is 50.8 Å². The lowest BCUT2D eigenvalue weighted by molar-refractivity contribution is 0.236. The van der Waals surface area contributed by atoms with Crippen molar-refractivity contribution >= 4 is 15.8 Å². The summed E-state index contributed by atoms with van der Waals surface area (Å²) in [5.74, 6) is 0.651. The molecule has 0 unspecified atom stereocenters. The van der Waals surface area contributed by atoms with Gasteiger partial charge in [0.15, 0.2) is 0 Å². The highest BCUT2D eigenvalue weighted by atomic mass is 32.2. The fourth-order valence-corrected chi connectivity index (χ4v) is 4.45. The Balaban J connectivity index is 2.08. The zero-order valence-electron chi connectivity index (χ0n) is 12.1. The van der Waals surface area contributed by atoms with E-state index in [9.17, 15) is 8.42 Å². The molecule has 0 amide bonds. The number of nitrogens with two attached hydrogens (primary N) is 1. The van der Waals surface area contributed by atoms with Crippen LogP contribution in [-0.2, 0) is 10.0 Å². The van der Waals surface area contributed by atoms with Gasteiger partial charge in [0.2, 0.25) is 10.0 Å². The van der Waals surface area contributed by atoms with Crippen molar-refractivity contribution < 1.29 is 8.42 Å². The number of aromatic nitrogens is 2. The molecule has 114 valence electrons. The van der Waals surface area contributed by atoms with E-state index in [1.807, 2.05) is 0 Å². The van der Waals surface area contributed by atoms with Crippen LogP contribution in [0.4, 0.5) is 5.82 Å². The average Bonchev–Trinajstić information content (AvgIpc) is 2.96. The first-order valence-corrected chi connectivity index (χ1v) is 8.61. The Morgan fingerprint density at radius 1 is 1.45 bits per heavy atom. The molecule has 1 aliphatic rings. The normalized spacial score (nSPS) is 18.8. The van der Waals surface area contributed by atoms with Crippen LogP contribution in [0.5, 0.6) is 0 Å². The van der Waals surface area contributed by atoms with Crippen LogP contribution in [-0.4, -0.2) is 25.2 Å². The van der Waals surface area contributed by atoms with Crippen molar-refractivity contribution in [2.24, 2.45) is 11.3 Å². The van der Waals surface area contributed by atoms with Gasteiger partial charge in [0.05, 0.1) is 6.20 Å². The molecule has 1 saturated carbocycles. The summed E-state index contributed by atoms with van der Waals surface area (Å²) in [6, 6.07) is 0. The highest BCUT2D eigenvalue weighted by Crippen LogP contribution is 2.42. The smallest absolute Gasteiger partial charge is 0.245 e. The first-order chi connectivity index (χ1) is 9.35. The Kier molecular flexibility index (Phi) is 4.39. The van der Waals surface area contributed by atoms with E-state index < -0.39 is 10.0 Å². The van der Waals surface area contributed by atoms with E-state index in [0.717, 1.165) is 19.3 Å². The number of aromatic amines is 1. The predicted molar refractivity (Wildman–Crippen MR) is 78.5 cm³/mol. The van der Waals surface area contributed by atoms with Gasteiger partial charge in [0, 0.05) is 6.54 Å². The van der Waals surface area contributed by atoms with Gasteiger partial charge < -0.3 is 5.73 Å². The highest BCUT2D eigenvalue weighted by Gasteiger charge is 2.35. The summed E-state index contributed by atoms with van der Waals surface area (Å²) in [5.41, 5.74) is 5.68. The Morgan fingerprint density at radius 3 is 2.60 bits per heavy atom. The number of nitrogens with one attached hydrogen (secondary N) is 2. The molecular formula is C13H24N4O2S. The summed E-state index contributed by atoms with van der Waals surface area (Å²) in [4.78, 5) is 0.0372. The molecule has 2 rings (SSSR count). The van der Waals surface area contributed by atoms with E-state index in [4.69, 9.17) is 5.73 Å². The van der Waals surface area contributed by atoms with Gasteiger partial charge >= 0.3 is 0 Å².